The SMILES string of the molecule is Cc1cc(Cl)cc2c1SCC2=O. The van der Waals surface area contributed by atoms with Crippen molar-refractivity contribution in [3.05, 3.63) is 28.3 Å². The molecule has 0 spiro atoms. The lowest BCUT2D eigenvalue weighted by Gasteiger charge is -2.01. The highest BCUT2D eigenvalue weighted by molar-refractivity contribution is 8.00. The molecule has 0 aromatic heterocycles. The standard InChI is InChI=1S/C9H7ClOS/c1-5-2-6(10)3-7-8(11)4-12-9(5)7/h2-3H,4H2,1H3. The second kappa shape index (κ2) is 2.79. The van der Waals surface area contributed by atoms with Crippen LogP contribution >= 0.6 is 23.4 Å². The molecule has 0 aliphatic carbocycles. The van der Waals surface area contributed by atoms with E-state index < -0.39 is 0 Å². The van der Waals surface area contributed by atoms with E-state index in [0.29, 0.717) is 10.8 Å². The number of Topliss-reactive ketones (excluding diaryl/α,β-unsaturated/α-hetero) is 1. The van der Waals surface area contributed by atoms with Crippen LogP contribution in [0.4, 0.5) is 0 Å². The van der Waals surface area contributed by atoms with Crippen molar-refractivity contribution in [2.75, 3.05) is 5.75 Å². The average Bonchev–Trinajstić information content (AvgIpc) is 2.33. The summed E-state index contributed by atoms with van der Waals surface area (Å²) in [6.45, 7) is 1.98. The summed E-state index contributed by atoms with van der Waals surface area (Å²) in [5.41, 5.74) is 1.90. The van der Waals surface area contributed by atoms with E-state index in [4.69, 9.17) is 11.6 Å². The number of ketones is 1. The Morgan fingerprint density at radius 2 is 2.25 bits per heavy atom. The molecule has 1 aromatic carbocycles. The lowest BCUT2D eigenvalue weighted by Crippen LogP contribution is -1.95. The van der Waals surface area contributed by atoms with E-state index in [2.05, 4.69) is 0 Å². The quantitative estimate of drug-likeness (QED) is 0.638. The predicted octanol–water partition coefficient (Wildman–Crippen LogP) is 2.94. The Morgan fingerprint density at radius 3 is 3.00 bits per heavy atom. The molecular weight excluding hydrogens is 192 g/mol. The lowest BCUT2D eigenvalue weighted by atomic mass is 10.1. The third kappa shape index (κ3) is 1.15. The molecular formula is C9H7ClOS. The van der Waals surface area contributed by atoms with Crippen molar-refractivity contribution in [1.82, 2.24) is 0 Å². The summed E-state index contributed by atoms with van der Waals surface area (Å²) in [7, 11) is 0. The van der Waals surface area contributed by atoms with E-state index in [-0.39, 0.29) is 5.78 Å². The fourth-order valence-electron chi connectivity index (χ4n) is 1.34. The number of carbonyl (C=O) groups is 1. The van der Waals surface area contributed by atoms with Crippen LogP contribution in [0.1, 0.15) is 15.9 Å². The van der Waals surface area contributed by atoms with E-state index in [1.165, 1.54) is 0 Å². The molecule has 1 nitrogen and oxygen atoms in total. The largest absolute Gasteiger partial charge is 0.293 e. The van der Waals surface area contributed by atoms with Gasteiger partial charge in [0.2, 0.25) is 0 Å². The van der Waals surface area contributed by atoms with E-state index in [1.54, 1.807) is 17.8 Å². The summed E-state index contributed by atoms with van der Waals surface area (Å²) in [4.78, 5) is 12.4. The maximum Gasteiger partial charge on any atom is 0.174 e. The van der Waals surface area contributed by atoms with Gasteiger partial charge in [-0.1, -0.05) is 11.6 Å². The number of fused-ring (bicyclic) bond motifs is 1. The molecule has 1 aliphatic rings. The molecule has 0 radical (unpaired) electrons. The summed E-state index contributed by atoms with van der Waals surface area (Å²) < 4.78 is 0. The monoisotopic (exact) mass is 198 g/mol. The van der Waals surface area contributed by atoms with Gasteiger partial charge in [-0.25, -0.2) is 0 Å². The molecule has 0 atom stereocenters. The van der Waals surface area contributed by atoms with Crippen LogP contribution in [0.15, 0.2) is 17.0 Å². The third-order valence-electron chi connectivity index (χ3n) is 1.89. The second-order valence-corrected chi connectivity index (χ2v) is 4.23. The maximum atomic E-state index is 11.3. The van der Waals surface area contributed by atoms with Crippen LogP contribution in [-0.4, -0.2) is 11.5 Å². The number of carbonyl (C=O) groups excluding carboxylic acids is 1. The van der Waals surface area contributed by atoms with Gasteiger partial charge in [0, 0.05) is 15.5 Å². The highest BCUT2D eigenvalue weighted by Crippen LogP contribution is 2.35. The number of thioether (sulfide) groups is 1. The fourth-order valence-corrected chi connectivity index (χ4v) is 2.66. The first-order chi connectivity index (χ1) is 5.68. The molecule has 0 saturated carbocycles. The first-order valence-corrected chi connectivity index (χ1v) is 5.01. The molecule has 0 saturated heterocycles. The zero-order valence-corrected chi connectivity index (χ0v) is 8.13. The van der Waals surface area contributed by atoms with Gasteiger partial charge in [0.15, 0.2) is 5.78 Å². The second-order valence-electron chi connectivity index (χ2n) is 2.81. The molecule has 1 aromatic rings. The average molecular weight is 199 g/mol. The summed E-state index contributed by atoms with van der Waals surface area (Å²) in [6.07, 6.45) is 0. The van der Waals surface area contributed by atoms with E-state index in [9.17, 15) is 4.79 Å². The van der Waals surface area contributed by atoms with Gasteiger partial charge in [0.1, 0.15) is 0 Å². The fraction of sp³-hybridized carbons (Fsp3) is 0.222. The Kier molecular flexibility index (Phi) is 1.89. The van der Waals surface area contributed by atoms with Gasteiger partial charge in [0.05, 0.1) is 5.75 Å². The van der Waals surface area contributed by atoms with Crippen LogP contribution in [0.3, 0.4) is 0 Å². The van der Waals surface area contributed by atoms with Crippen molar-refractivity contribution >= 4 is 29.1 Å². The molecule has 3 heteroatoms. The van der Waals surface area contributed by atoms with Crippen LogP contribution in [-0.2, 0) is 0 Å². The minimum Gasteiger partial charge on any atom is -0.293 e. The minimum atomic E-state index is 0.195. The maximum absolute atomic E-state index is 11.3. The smallest absolute Gasteiger partial charge is 0.174 e. The van der Waals surface area contributed by atoms with Crippen molar-refractivity contribution in [3.8, 4) is 0 Å². The molecule has 0 N–H and O–H groups in total. The van der Waals surface area contributed by atoms with Gasteiger partial charge in [-0.05, 0) is 24.6 Å². The number of halogens is 1. The van der Waals surface area contributed by atoms with Gasteiger partial charge in [-0.2, -0.15) is 0 Å². The Bertz CT molecular complexity index is 360. The zero-order chi connectivity index (χ0) is 8.72. The van der Waals surface area contributed by atoms with Crippen LogP contribution in [0.25, 0.3) is 0 Å². The van der Waals surface area contributed by atoms with E-state index in [0.717, 1.165) is 16.0 Å². The van der Waals surface area contributed by atoms with Crippen molar-refractivity contribution < 1.29 is 4.79 Å². The van der Waals surface area contributed by atoms with Crippen molar-refractivity contribution in [3.63, 3.8) is 0 Å². The van der Waals surface area contributed by atoms with Crippen LogP contribution in [0, 0.1) is 6.92 Å². The number of hydrogen-bond donors (Lipinski definition) is 0. The molecule has 12 heavy (non-hydrogen) atoms. The summed E-state index contributed by atoms with van der Waals surface area (Å²) in [5, 5.41) is 0.655. The van der Waals surface area contributed by atoms with Crippen molar-refractivity contribution in [2.45, 2.75) is 11.8 Å². The molecule has 1 aliphatic heterocycles. The van der Waals surface area contributed by atoms with Crippen LogP contribution in [0.5, 0.6) is 0 Å². The zero-order valence-electron chi connectivity index (χ0n) is 6.56. The number of rotatable bonds is 0. The van der Waals surface area contributed by atoms with E-state index >= 15 is 0 Å². The number of benzene rings is 1. The molecule has 0 amide bonds. The van der Waals surface area contributed by atoms with E-state index in [1.807, 2.05) is 13.0 Å². The minimum absolute atomic E-state index is 0.195. The van der Waals surface area contributed by atoms with Gasteiger partial charge >= 0.3 is 0 Å². The molecule has 1 heterocycles. The first kappa shape index (κ1) is 8.14. The van der Waals surface area contributed by atoms with Gasteiger partial charge in [-0.3, -0.25) is 4.79 Å². The van der Waals surface area contributed by atoms with Gasteiger partial charge in [-0.15, -0.1) is 11.8 Å². The van der Waals surface area contributed by atoms with Crippen molar-refractivity contribution in [2.24, 2.45) is 0 Å². The molecule has 0 bridgehead atoms. The topological polar surface area (TPSA) is 17.1 Å². The first-order valence-electron chi connectivity index (χ1n) is 3.64. The Balaban J connectivity index is 2.68. The van der Waals surface area contributed by atoms with Crippen molar-refractivity contribution in [1.29, 1.82) is 0 Å². The lowest BCUT2D eigenvalue weighted by molar-refractivity contribution is 0.102. The molecule has 62 valence electrons. The van der Waals surface area contributed by atoms with Gasteiger partial charge < -0.3 is 0 Å². The van der Waals surface area contributed by atoms with Gasteiger partial charge in [0.25, 0.3) is 0 Å². The summed E-state index contributed by atoms with van der Waals surface area (Å²) in [5.74, 6) is 0.761. The van der Waals surface area contributed by atoms with Crippen LogP contribution in [0.2, 0.25) is 5.02 Å². The predicted molar refractivity (Wildman–Crippen MR) is 51.2 cm³/mol. The van der Waals surface area contributed by atoms with Crippen LogP contribution < -0.4 is 0 Å². The Morgan fingerprint density at radius 1 is 1.50 bits per heavy atom. The number of aryl methyl sites for hydroxylation is 1. The highest BCUT2D eigenvalue weighted by Gasteiger charge is 2.21. The highest BCUT2D eigenvalue weighted by atomic mass is 35.5. The summed E-state index contributed by atoms with van der Waals surface area (Å²) >= 11 is 7.44. The molecule has 2 rings (SSSR count). The third-order valence-corrected chi connectivity index (χ3v) is 3.34. The Hall–Kier alpha value is -0.470. The normalized spacial score (nSPS) is 15.0. The molecule has 0 unspecified atom stereocenters. The molecule has 0 fully saturated rings. The summed E-state index contributed by atoms with van der Waals surface area (Å²) in [6, 6.07) is 3.65. The number of hydrogen-bond acceptors (Lipinski definition) is 2. The Labute approximate surface area is 80.1 Å².